The van der Waals surface area contributed by atoms with E-state index in [4.69, 9.17) is 23.2 Å². The van der Waals surface area contributed by atoms with Crippen molar-refractivity contribution >= 4 is 40.2 Å². The monoisotopic (exact) mass is 376 g/mol. The number of nitrogens with zero attached hydrogens (tertiary/aromatic N) is 3. The van der Waals surface area contributed by atoms with Crippen LogP contribution in [0, 0.1) is 6.92 Å². The number of aryl methyl sites for hydroxylation is 1. The third kappa shape index (κ3) is 2.53. The van der Waals surface area contributed by atoms with Gasteiger partial charge in [0, 0.05) is 22.8 Å². The van der Waals surface area contributed by atoms with E-state index in [9.17, 15) is 4.79 Å². The van der Waals surface area contributed by atoms with Crippen molar-refractivity contribution < 1.29 is 0 Å². The topological polar surface area (TPSA) is 63.0 Å². The Morgan fingerprint density at radius 2 is 2.00 bits per heavy atom. The zero-order valence-corrected chi connectivity index (χ0v) is 14.7. The molecule has 0 saturated heterocycles. The van der Waals surface area contributed by atoms with Gasteiger partial charge in [-0.05, 0) is 25.1 Å². The molecule has 3 aromatic heterocycles. The molecule has 0 atom stereocenters. The van der Waals surface area contributed by atoms with Gasteiger partial charge in [-0.25, -0.2) is 14.5 Å². The van der Waals surface area contributed by atoms with E-state index >= 15 is 0 Å². The van der Waals surface area contributed by atoms with E-state index in [0.29, 0.717) is 32.0 Å². The lowest BCUT2D eigenvalue weighted by Crippen LogP contribution is -2.02. The van der Waals surface area contributed by atoms with Crippen LogP contribution in [-0.2, 0) is 0 Å². The molecule has 0 fully saturated rings. The van der Waals surface area contributed by atoms with Crippen LogP contribution in [0.4, 0.5) is 0 Å². The van der Waals surface area contributed by atoms with Crippen LogP contribution in [0.5, 0.6) is 0 Å². The van der Waals surface area contributed by atoms with Gasteiger partial charge in [0.2, 0.25) is 0 Å². The summed E-state index contributed by atoms with van der Waals surface area (Å²) in [4.78, 5) is 21.3. The number of thiazole rings is 1. The third-order valence-corrected chi connectivity index (χ3v) is 5.27. The molecule has 0 bridgehead atoms. The van der Waals surface area contributed by atoms with Gasteiger partial charge in [-0.2, -0.15) is 0 Å². The van der Waals surface area contributed by atoms with Crippen molar-refractivity contribution in [2.24, 2.45) is 0 Å². The van der Waals surface area contributed by atoms with Crippen molar-refractivity contribution in [2.75, 3.05) is 0 Å². The normalized spacial score (nSPS) is 11.3. The predicted molar refractivity (Wildman–Crippen MR) is 97.1 cm³/mol. The van der Waals surface area contributed by atoms with E-state index in [-0.39, 0.29) is 5.56 Å². The number of benzene rings is 1. The second kappa shape index (κ2) is 5.73. The molecule has 24 heavy (non-hydrogen) atoms. The summed E-state index contributed by atoms with van der Waals surface area (Å²) in [5, 5.41) is 6.25. The number of halogens is 2. The summed E-state index contributed by atoms with van der Waals surface area (Å²) in [6, 6.07) is 7.12. The van der Waals surface area contributed by atoms with Gasteiger partial charge in [-0.1, -0.05) is 29.3 Å². The number of aromatic nitrogens is 4. The van der Waals surface area contributed by atoms with Crippen LogP contribution < -0.4 is 5.56 Å². The molecule has 120 valence electrons. The number of hydrogen-bond acceptors (Lipinski definition) is 4. The maximum absolute atomic E-state index is 12.3. The van der Waals surface area contributed by atoms with Crippen LogP contribution in [0.2, 0.25) is 10.0 Å². The van der Waals surface area contributed by atoms with Crippen molar-refractivity contribution in [3.8, 4) is 21.8 Å². The van der Waals surface area contributed by atoms with Gasteiger partial charge >= 0.3 is 0 Å². The smallest absolute Gasteiger partial charge is 0.267 e. The summed E-state index contributed by atoms with van der Waals surface area (Å²) in [6.07, 6.45) is 1.76. The summed E-state index contributed by atoms with van der Waals surface area (Å²) in [7, 11) is 0. The Morgan fingerprint density at radius 1 is 1.17 bits per heavy atom. The van der Waals surface area contributed by atoms with Crippen molar-refractivity contribution in [2.45, 2.75) is 6.92 Å². The van der Waals surface area contributed by atoms with Crippen molar-refractivity contribution in [1.82, 2.24) is 19.6 Å². The van der Waals surface area contributed by atoms with Crippen molar-refractivity contribution in [1.29, 1.82) is 0 Å². The van der Waals surface area contributed by atoms with E-state index in [1.807, 2.05) is 18.4 Å². The van der Waals surface area contributed by atoms with Gasteiger partial charge in [0.25, 0.3) is 5.56 Å². The van der Waals surface area contributed by atoms with Crippen LogP contribution in [0.25, 0.3) is 27.5 Å². The maximum Gasteiger partial charge on any atom is 0.277 e. The zero-order chi connectivity index (χ0) is 16.8. The number of H-pyrrole nitrogens is 1. The van der Waals surface area contributed by atoms with Gasteiger partial charge in [0.1, 0.15) is 10.6 Å². The fraction of sp³-hybridized carbons (Fsp3) is 0.0625. The first-order valence-corrected chi connectivity index (χ1v) is 8.66. The lowest BCUT2D eigenvalue weighted by atomic mass is 10.1. The van der Waals surface area contributed by atoms with Crippen molar-refractivity contribution in [3.63, 3.8) is 0 Å². The molecule has 8 heteroatoms. The predicted octanol–water partition coefficient (Wildman–Crippen LogP) is 4.43. The molecule has 4 aromatic rings. The van der Waals surface area contributed by atoms with Gasteiger partial charge in [0.05, 0.1) is 15.7 Å². The second-order valence-electron chi connectivity index (χ2n) is 5.25. The number of nitrogens with one attached hydrogen (secondary N) is 1. The van der Waals surface area contributed by atoms with E-state index in [0.717, 1.165) is 11.3 Å². The van der Waals surface area contributed by atoms with E-state index in [1.54, 1.807) is 28.9 Å². The molecular formula is C16H10Cl2N4OS. The Bertz CT molecular complexity index is 1130. The summed E-state index contributed by atoms with van der Waals surface area (Å²) >= 11 is 13.5. The van der Waals surface area contributed by atoms with Gasteiger partial charge in [-0.15, -0.1) is 11.3 Å². The number of rotatable bonds is 2. The maximum atomic E-state index is 12.3. The van der Waals surface area contributed by atoms with Gasteiger partial charge in [0.15, 0.2) is 5.65 Å². The summed E-state index contributed by atoms with van der Waals surface area (Å²) in [6.45, 7) is 1.89. The molecule has 5 nitrogen and oxygen atoms in total. The van der Waals surface area contributed by atoms with Crippen LogP contribution in [0.15, 0.2) is 40.6 Å². The molecule has 4 rings (SSSR count). The highest BCUT2D eigenvalue weighted by Gasteiger charge is 2.16. The lowest BCUT2D eigenvalue weighted by Gasteiger charge is -2.04. The molecule has 3 heterocycles. The van der Waals surface area contributed by atoms with Gasteiger partial charge < -0.3 is 0 Å². The zero-order valence-electron chi connectivity index (χ0n) is 12.4. The van der Waals surface area contributed by atoms with E-state index < -0.39 is 0 Å². The fourth-order valence-corrected chi connectivity index (χ4v) is 3.56. The van der Waals surface area contributed by atoms with E-state index in [1.165, 1.54) is 11.3 Å². The standard InChI is InChI=1S/C16H10Cl2N4OS/c1-8-7-24-16(19-8)13-14-20-12(4-5-22(14)21-15(13)23)9-2-3-10(17)11(18)6-9/h2-7H,1H3,(H,21,23). The number of fused-ring (bicyclic) bond motifs is 1. The SMILES string of the molecule is Cc1csc(-c2c(=O)[nH]n3ccc(-c4ccc(Cl)c(Cl)c4)nc23)n1. The Balaban J connectivity index is 1.94. The molecule has 0 aliphatic rings. The molecule has 0 unspecified atom stereocenters. The highest BCUT2D eigenvalue weighted by atomic mass is 35.5. The second-order valence-corrected chi connectivity index (χ2v) is 6.92. The van der Waals surface area contributed by atoms with Gasteiger partial charge in [-0.3, -0.25) is 9.89 Å². The summed E-state index contributed by atoms with van der Waals surface area (Å²) in [5.74, 6) is 0. The Labute approximate surface area is 150 Å². The summed E-state index contributed by atoms with van der Waals surface area (Å²) in [5.41, 5.74) is 3.16. The molecule has 0 amide bonds. The largest absolute Gasteiger partial charge is 0.277 e. The number of aromatic amines is 1. The third-order valence-electron chi connectivity index (χ3n) is 3.56. The average Bonchev–Trinajstić information content (AvgIpc) is 3.11. The Kier molecular flexibility index (Phi) is 3.68. The Hall–Kier alpha value is -2.15. The average molecular weight is 377 g/mol. The molecule has 1 N–H and O–H groups in total. The van der Waals surface area contributed by atoms with Crippen LogP contribution in [0.3, 0.4) is 0 Å². The minimum Gasteiger partial charge on any atom is -0.267 e. The van der Waals surface area contributed by atoms with Crippen LogP contribution in [-0.4, -0.2) is 19.6 Å². The first-order valence-electron chi connectivity index (χ1n) is 7.02. The lowest BCUT2D eigenvalue weighted by molar-refractivity contribution is 0.921. The minimum absolute atomic E-state index is 0.219. The quantitative estimate of drug-likeness (QED) is 0.562. The minimum atomic E-state index is -0.219. The highest BCUT2D eigenvalue weighted by Crippen LogP contribution is 2.29. The molecular weight excluding hydrogens is 367 g/mol. The first kappa shape index (κ1) is 15.4. The fourth-order valence-electron chi connectivity index (χ4n) is 2.43. The number of hydrogen-bond donors (Lipinski definition) is 1. The molecule has 0 saturated carbocycles. The molecule has 1 aromatic carbocycles. The molecule has 0 spiro atoms. The molecule has 0 aliphatic heterocycles. The first-order chi connectivity index (χ1) is 11.5. The van der Waals surface area contributed by atoms with E-state index in [2.05, 4.69) is 15.1 Å². The van der Waals surface area contributed by atoms with Crippen LogP contribution in [0.1, 0.15) is 5.69 Å². The molecule has 0 aliphatic carbocycles. The summed E-state index contributed by atoms with van der Waals surface area (Å²) < 4.78 is 1.59. The molecule has 0 radical (unpaired) electrons. The van der Waals surface area contributed by atoms with Crippen LogP contribution >= 0.6 is 34.5 Å². The highest BCUT2D eigenvalue weighted by molar-refractivity contribution is 7.13. The Morgan fingerprint density at radius 3 is 2.71 bits per heavy atom. The van der Waals surface area contributed by atoms with Crippen molar-refractivity contribution in [3.05, 3.63) is 61.9 Å².